The molecule has 0 unspecified atom stereocenters. The first-order valence-electron chi connectivity index (χ1n) is 23.3. The first kappa shape index (κ1) is 61.4. The minimum atomic E-state index is -2.19. The first-order valence-corrected chi connectivity index (χ1v) is 23.3. The van der Waals surface area contributed by atoms with Crippen molar-refractivity contribution in [3.05, 3.63) is 40.6 Å². The highest BCUT2D eigenvalue weighted by molar-refractivity contribution is 5.85. The molecule has 24 heteroatoms. The van der Waals surface area contributed by atoms with Crippen molar-refractivity contribution in [1.82, 2.24) is 10.6 Å². The summed E-state index contributed by atoms with van der Waals surface area (Å²) >= 11 is 0. The van der Waals surface area contributed by atoms with Gasteiger partial charge in [0.25, 0.3) is 5.91 Å². The molecule has 1 aromatic carbocycles. The number of ether oxygens (including phenoxy) is 10. The summed E-state index contributed by atoms with van der Waals surface area (Å²) in [5.74, 6) is -9.30. The second-order valence-electron chi connectivity index (χ2n) is 17.4. The molecule has 0 aromatic heterocycles. The summed E-state index contributed by atoms with van der Waals surface area (Å²) in [6.45, 7) is 11.4. The van der Waals surface area contributed by atoms with Crippen LogP contribution in [0.25, 0.3) is 0 Å². The number of esters is 8. The third-order valence-electron chi connectivity index (χ3n) is 10.4. The van der Waals surface area contributed by atoms with E-state index in [0.717, 1.165) is 92.2 Å². The summed E-state index contributed by atoms with van der Waals surface area (Å²) in [5, 5.41) is 18.6. The van der Waals surface area contributed by atoms with Crippen LogP contribution in [-0.4, -0.2) is 151 Å². The number of unbranched alkanes of at least 4 members (excludes halogenated alkanes) is 4. The SMILES string of the molecule is CCCCCCCC(=O)NCC(C)(C)/[N+]([O-])=C/c1ccc(CNC(=O)[C@H](OC(C)=O)[C@@H](OC(C)=O)[C@H](O[C@@H]2O[C@H](COC(C)=O)[C@H](OC(C)=O)[C@H](OC(C)=O)[C@H]2OC(C)=O)[C@@H](COC(C)=O)OC(C)=O)cc1. The van der Waals surface area contributed by atoms with Crippen LogP contribution in [0.3, 0.4) is 0 Å². The number of benzene rings is 1. The second-order valence-corrected chi connectivity index (χ2v) is 17.4. The Morgan fingerprint density at radius 3 is 1.76 bits per heavy atom. The summed E-state index contributed by atoms with van der Waals surface area (Å²) in [6.07, 6.45) is -10.8. The largest absolute Gasteiger partial charge is 0.623 e. The van der Waals surface area contributed by atoms with E-state index < -0.39 is 128 Å². The van der Waals surface area contributed by atoms with Crippen molar-refractivity contribution in [3.8, 4) is 0 Å². The summed E-state index contributed by atoms with van der Waals surface area (Å²) in [6, 6.07) is 6.31. The van der Waals surface area contributed by atoms with Gasteiger partial charge in [0, 0.05) is 87.8 Å². The van der Waals surface area contributed by atoms with Gasteiger partial charge < -0.3 is 63.2 Å². The number of nitrogens with zero attached hydrogens (tertiary/aromatic N) is 1. The molecule has 2 rings (SSSR count). The quantitative estimate of drug-likeness (QED) is 0.0231. The summed E-state index contributed by atoms with van der Waals surface area (Å²) in [7, 11) is 0. The average Bonchev–Trinajstić information content (AvgIpc) is 3.27. The molecule has 1 aliphatic rings. The van der Waals surface area contributed by atoms with E-state index in [2.05, 4.69) is 17.6 Å². The molecule has 9 atom stereocenters. The zero-order chi connectivity index (χ0) is 54.3. The molecule has 1 aliphatic heterocycles. The van der Waals surface area contributed by atoms with Crippen molar-refractivity contribution in [2.75, 3.05) is 19.8 Å². The van der Waals surface area contributed by atoms with Crippen LogP contribution in [0.2, 0.25) is 0 Å². The minimum absolute atomic E-state index is 0.0857. The fraction of sp³-hybridized carbons (Fsp3) is 0.646. The van der Waals surface area contributed by atoms with Crippen molar-refractivity contribution in [2.24, 2.45) is 0 Å². The lowest BCUT2D eigenvalue weighted by Crippen LogP contribution is -2.65. The van der Waals surface area contributed by atoms with Crippen LogP contribution in [0.15, 0.2) is 24.3 Å². The number of hydrogen-bond acceptors (Lipinski definition) is 21. The van der Waals surface area contributed by atoms with E-state index in [1.807, 2.05) is 0 Å². The van der Waals surface area contributed by atoms with Crippen molar-refractivity contribution in [1.29, 1.82) is 0 Å². The molecule has 2 amide bonds. The summed E-state index contributed by atoms with van der Waals surface area (Å²) in [5.41, 5.74) is -0.100. The number of rotatable bonds is 28. The molecule has 1 fully saturated rings. The molecule has 0 bridgehead atoms. The molecule has 0 spiro atoms. The maximum absolute atomic E-state index is 14.3. The Labute approximate surface area is 417 Å². The predicted octanol–water partition coefficient (Wildman–Crippen LogP) is 2.31. The normalized spacial score (nSPS) is 19.4. The third kappa shape index (κ3) is 22.2. The fourth-order valence-corrected chi connectivity index (χ4v) is 7.07. The van der Waals surface area contributed by atoms with Crippen LogP contribution in [0.1, 0.15) is 126 Å². The Balaban J connectivity index is 2.64. The number of carbonyl (C=O) groups is 10. The van der Waals surface area contributed by atoms with Crippen LogP contribution >= 0.6 is 0 Å². The standard InChI is InChI=1S/C48H69N3O21/c1-12-13-14-15-16-17-39(60)50-26-48(10,11)51(62)23-36-20-18-35(19-21-36)22-49-46(61)44(69-33(8)58)42(67-31(6)56)41(37(65-29(4)54)24-63-27(2)52)72-47-45(70-34(9)59)43(68-32(7)57)40(66-30(5)55)38(71-47)25-64-28(3)53/h18-21,23,37-38,40-45,47H,12-17,22,24-26H2,1-11H3,(H,49,61)(H,50,60)/b51-23-/t37-,38-,40+,41-,42+,43+,44-,45-,47+/m1/s1. The third-order valence-corrected chi connectivity index (χ3v) is 10.4. The van der Waals surface area contributed by atoms with Crippen LogP contribution in [0, 0.1) is 5.21 Å². The maximum Gasteiger partial charge on any atom is 0.303 e. The van der Waals surface area contributed by atoms with E-state index in [1.165, 1.54) is 6.21 Å². The average molecular weight is 1020 g/mol. The highest BCUT2D eigenvalue weighted by Gasteiger charge is 2.56. The van der Waals surface area contributed by atoms with Crippen LogP contribution in [0.5, 0.6) is 0 Å². The molecule has 72 heavy (non-hydrogen) atoms. The molecule has 24 nitrogen and oxygen atoms in total. The molecule has 0 saturated carbocycles. The van der Waals surface area contributed by atoms with E-state index in [9.17, 15) is 53.2 Å². The Hall–Kier alpha value is -6.69. The number of carbonyl (C=O) groups excluding carboxylic acids is 10. The van der Waals surface area contributed by atoms with Crippen molar-refractivity contribution in [2.45, 2.75) is 182 Å². The number of amides is 2. The smallest absolute Gasteiger partial charge is 0.303 e. The van der Waals surface area contributed by atoms with Crippen LogP contribution in [0.4, 0.5) is 0 Å². The van der Waals surface area contributed by atoms with E-state index in [4.69, 9.17) is 47.4 Å². The van der Waals surface area contributed by atoms with E-state index in [0.29, 0.717) is 17.5 Å². The molecule has 2 N–H and O–H groups in total. The van der Waals surface area contributed by atoms with E-state index in [1.54, 1.807) is 38.1 Å². The van der Waals surface area contributed by atoms with Gasteiger partial charge in [0.1, 0.15) is 25.4 Å². The van der Waals surface area contributed by atoms with E-state index in [-0.39, 0.29) is 19.0 Å². The Morgan fingerprint density at radius 1 is 0.667 bits per heavy atom. The summed E-state index contributed by atoms with van der Waals surface area (Å²) < 4.78 is 56.4. The van der Waals surface area contributed by atoms with Gasteiger partial charge in [-0.1, -0.05) is 44.7 Å². The van der Waals surface area contributed by atoms with Gasteiger partial charge in [0.05, 0.1) is 6.54 Å². The zero-order valence-electron chi connectivity index (χ0n) is 42.7. The van der Waals surface area contributed by atoms with Gasteiger partial charge in [-0.05, 0) is 24.1 Å². The van der Waals surface area contributed by atoms with Gasteiger partial charge in [-0.25, -0.2) is 4.74 Å². The van der Waals surface area contributed by atoms with E-state index >= 15 is 0 Å². The topological polar surface area (TPSA) is 313 Å². The minimum Gasteiger partial charge on any atom is -0.623 e. The number of nitrogens with one attached hydrogen (secondary N) is 2. The molecular weight excluding hydrogens is 955 g/mol. The van der Waals surface area contributed by atoms with Crippen LogP contribution in [-0.2, 0) is 102 Å². The lowest BCUT2D eigenvalue weighted by atomic mass is 9.97. The molecule has 0 aliphatic carbocycles. The highest BCUT2D eigenvalue weighted by atomic mass is 16.8. The molecule has 402 valence electrons. The van der Waals surface area contributed by atoms with Gasteiger partial charge in [-0.15, -0.1) is 0 Å². The van der Waals surface area contributed by atoms with Crippen LogP contribution < -0.4 is 10.6 Å². The number of hydroxylamine groups is 1. The fourth-order valence-electron chi connectivity index (χ4n) is 7.07. The Morgan fingerprint density at radius 2 is 1.22 bits per heavy atom. The van der Waals surface area contributed by atoms with Gasteiger partial charge in [-0.3, -0.25) is 47.9 Å². The second kappa shape index (κ2) is 30.3. The van der Waals surface area contributed by atoms with Gasteiger partial charge in [0.15, 0.2) is 48.6 Å². The molecule has 0 radical (unpaired) electrons. The monoisotopic (exact) mass is 1020 g/mol. The number of hydrogen-bond donors (Lipinski definition) is 2. The summed E-state index contributed by atoms with van der Waals surface area (Å²) in [4.78, 5) is 127. The molecule has 1 saturated heterocycles. The predicted molar refractivity (Wildman–Crippen MR) is 248 cm³/mol. The highest BCUT2D eigenvalue weighted by Crippen LogP contribution is 2.33. The first-order chi connectivity index (χ1) is 33.7. The van der Waals surface area contributed by atoms with Gasteiger partial charge in [0.2, 0.25) is 12.0 Å². The van der Waals surface area contributed by atoms with Crippen molar-refractivity contribution >= 4 is 65.8 Å². The molecular formula is C48H69N3O21. The zero-order valence-corrected chi connectivity index (χ0v) is 42.7. The molecule has 1 heterocycles. The Kier molecular flexibility index (Phi) is 25.8. The Bertz CT molecular complexity index is 2070. The molecule has 1 aromatic rings. The van der Waals surface area contributed by atoms with Gasteiger partial charge >= 0.3 is 47.8 Å². The lowest BCUT2D eigenvalue weighted by molar-refractivity contribution is -0.533. The maximum atomic E-state index is 14.3. The lowest BCUT2D eigenvalue weighted by Gasteiger charge is -2.46. The van der Waals surface area contributed by atoms with Crippen molar-refractivity contribution < 1.29 is 100 Å². The van der Waals surface area contributed by atoms with Gasteiger partial charge in [-0.2, -0.15) is 0 Å². The van der Waals surface area contributed by atoms with Crippen molar-refractivity contribution in [3.63, 3.8) is 0 Å².